The third-order valence-corrected chi connectivity index (χ3v) is 4.44. The average Bonchev–Trinajstić information content (AvgIpc) is 2.68. The largest absolute Gasteiger partial charge is 0.488 e. The van der Waals surface area contributed by atoms with Gasteiger partial charge in [0.15, 0.2) is 0 Å². The van der Waals surface area contributed by atoms with E-state index in [9.17, 15) is 9.90 Å². The average molecular weight is 358 g/mol. The van der Waals surface area contributed by atoms with Gasteiger partial charge < -0.3 is 9.84 Å². The molecule has 0 aliphatic carbocycles. The van der Waals surface area contributed by atoms with Gasteiger partial charge >= 0.3 is 5.97 Å². The zero-order chi connectivity index (χ0) is 19.2. The van der Waals surface area contributed by atoms with E-state index in [-0.39, 0.29) is 5.56 Å². The molecule has 27 heavy (non-hydrogen) atoms. The van der Waals surface area contributed by atoms with Crippen LogP contribution < -0.4 is 4.74 Å². The first-order valence-electron chi connectivity index (χ1n) is 8.81. The minimum Gasteiger partial charge on any atom is -0.488 e. The van der Waals surface area contributed by atoms with Gasteiger partial charge in [0, 0.05) is 0 Å². The molecule has 0 bridgehead atoms. The summed E-state index contributed by atoms with van der Waals surface area (Å²) in [4.78, 5) is 11.6. The molecule has 0 aromatic heterocycles. The number of carbonyl (C=O) groups is 1. The van der Waals surface area contributed by atoms with Gasteiger partial charge in [-0.1, -0.05) is 72.8 Å². The predicted octanol–water partition coefficient (Wildman–Crippen LogP) is 5.59. The summed E-state index contributed by atoms with van der Waals surface area (Å²) in [5.41, 5.74) is 5.19. The fourth-order valence-electron chi connectivity index (χ4n) is 2.93. The van der Waals surface area contributed by atoms with Crippen molar-refractivity contribution < 1.29 is 14.6 Å². The van der Waals surface area contributed by atoms with Crippen LogP contribution in [-0.2, 0) is 13.0 Å². The Morgan fingerprint density at radius 2 is 1.63 bits per heavy atom. The number of aromatic carboxylic acids is 1. The van der Waals surface area contributed by atoms with Crippen molar-refractivity contribution in [2.24, 2.45) is 0 Å². The van der Waals surface area contributed by atoms with Crippen LogP contribution in [0.4, 0.5) is 0 Å². The third-order valence-electron chi connectivity index (χ3n) is 4.44. The first-order chi connectivity index (χ1) is 13.0. The molecule has 0 saturated heterocycles. The molecular formula is C24H22O3. The van der Waals surface area contributed by atoms with Gasteiger partial charge in [-0.2, -0.15) is 0 Å². The van der Waals surface area contributed by atoms with E-state index < -0.39 is 5.97 Å². The van der Waals surface area contributed by atoms with Crippen molar-refractivity contribution in [1.29, 1.82) is 0 Å². The molecule has 0 fully saturated rings. The molecule has 0 saturated carbocycles. The maximum absolute atomic E-state index is 11.6. The van der Waals surface area contributed by atoms with Gasteiger partial charge in [-0.15, -0.1) is 0 Å². The van der Waals surface area contributed by atoms with Gasteiger partial charge in [-0.05, 0) is 47.7 Å². The monoisotopic (exact) mass is 358 g/mol. The summed E-state index contributed by atoms with van der Waals surface area (Å²) >= 11 is 0. The second kappa shape index (κ2) is 8.37. The number of rotatable bonds is 7. The van der Waals surface area contributed by atoms with Crippen molar-refractivity contribution in [3.63, 3.8) is 0 Å². The fraction of sp³-hybridized carbons (Fsp3) is 0.125. The summed E-state index contributed by atoms with van der Waals surface area (Å²) in [5, 5.41) is 9.51. The zero-order valence-electron chi connectivity index (χ0n) is 15.3. The molecule has 0 unspecified atom stereocenters. The Morgan fingerprint density at radius 1 is 0.963 bits per heavy atom. The van der Waals surface area contributed by atoms with E-state index in [4.69, 9.17) is 4.74 Å². The Labute approximate surface area is 159 Å². The Balaban J connectivity index is 1.81. The second-order valence-electron chi connectivity index (χ2n) is 6.52. The summed E-state index contributed by atoms with van der Waals surface area (Å²) < 4.78 is 5.89. The summed E-state index contributed by atoms with van der Waals surface area (Å²) in [5.74, 6) is -0.646. The topological polar surface area (TPSA) is 46.5 Å². The van der Waals surface area contributed by atoms with Crippen LogP contribution in [-0.4, -0.2) is 11.1 Å². The molecule has 0 aliphatic heterocycles. The molecule has 0 radical (unpaired) electrons. The highest BCUT2D eigenvalue weighted by Crippen LogP contribution is 2.25. The van der Waals surface area contributed by atoms with E-state index >= 15 is 0 Å². The maximum atomic E-state index is 11.6. The summed E-state index contributed by atoms with van der Waals surface area (Å²) in [7, 11) is 0. The minimum absolute atomic E-state index is 0.149. The minimum atomic E-state index is -1.01. The molecule has 3 rings (SSSR count). The molecule has 3 heteroatoms. The van der Waals surface area contributed by atoms with Gasteiger partial charge in [0.1, 0.15) is 17.9 Å². The van der Waals surface area contributed by atoms with Crippen LogP contribution in [0.5, 0.6) is 5.75 Å². The molecule has 1 N–H and O–H groups in total. The second-order valence-corrected chi connectivity index (χ2v) is 6.52. The Bertz CT molecular complexity index is 958. The van der Waals surface area contributed by atoms with Gasteiger partial charge in [-0.25, -0.2) is 4.79 Å². The Morgan fingerprint density at radius 3 is 2.30 bits per heavy atom. The van der Waals surface area contributed by atoms with E-state index in [1.54, 1.807) is 12.1 Å². The maximum Gasteiger partial charge on any atom is 0.339 e. The predicted molar refractivity (Wildman–Crippen MR) is 108 cm³/mol. The van der Waals surface area contributed by atoms with Gasteiger partial charge in [-0.3, -0.25) is 0 Å². The van der Waals surface area contributed by atoms with E-state index in [1.165, 1.54) is 11.1 Å². The first kappa shape index (κ1) is 18.5. The molecule has 0 heterocycles. The molecule has 0 aliphatic rings. The van der Waals surface area contributed by atoms with Crippen LogP contribution in [0.15, 0.2) is 79.4 Å². The number of hydrogen-bond donors (Lipinski definition) is 1. The highest BCUT2D eigenvalue weighted by Gasteiger charge is 2.13. The van der Waals surface area contributed by atoms with Crippen LogP contribution in [0.3, 0.4) is 0 Å². The fourth-order valence-corrected chi connectivity index (χ4v) is 2.93. The molecule has 0 spiro atoms. The number of benzene rings is 3. The van der Waals surface area contributed by atoms with E-state index in [2.05, 4.69) is 24.8 Å². The van der Waals surface area contributed by atoms with Crippen molar-refractivity contribution in [1.82, 2.24) is 0 Å². The normalized spacial score (nSPS) is 10.4. The smallest absolute Gasteiger partial charge is 0.339 e. The molecule has 3 nitrogen and oxygen atoms in total. The number of allylic oxidation sites excluding steroid dienone is 1. The SMILES string of the molecule is C=C(C)c1ccc(OCc2ccccc2Cc2ccccc2)c(C(=O)O)c1. The van der Waals surface area contributed by atoms with E-state index in [1.807, 2.05) is 49.4 Å². The number of carboxylic acids is 1. The molecule has 3 aromatic carbocycles. The van der Waals surface area contributed by atoms with E-state index in [0.29, 0.717) is 12.4 Å². The summed E-state index contributed by atoms with van der Waals surface area (Å²) in [6.07, 6.45) is 0.806. The lowest BCUT2D eigenvalue weighted by molar-refractivity contribution is 0.0691. The first-order valence-corrected chi connectivity index (χ1v) is 8.81. The van der Waals surface area contributed by atoms with Crippen LogP contribution in [0.1, 0.15) is 39.5 Å². The lowest BCUT2D eigenvalue weighted by Crippen LogP contribution is -2.06. The van der Waals surface area contributed by atoms with Crippen LogP contribution in [0.2, 0.25) is 0 Å². The Kier molecular flexibility index (Phi) is 5.72. The van der Waals surface area contributed by atoms with Crippen LogP contribution in [0.25, 0.3) is 5.57 Å². The van der Waals surface area contributed by atoms with Gasteiger partial charge in [0.25, 0.3) is 0 Å². The van der Waals surface area contributed by atoms with Crippen molar-refractivity contribution >= 4 is 11.5 Å². The van der Waals surface area contributed by atoms with Crippen molar-refractivity contribution in [3.05, 3.63) is 107 Å². The molecule has 136 valence electrons. The molecule has 0 atom stereocenters. The lowest BCUT2D eigenvalue weighted by Gasteiger charge is -2.14. The number of carboxylic acid groups (broad SMARTS) is 1. The lowest BCUT2D eigenvalue weighted by atomic mass is 10.00. The molecular weight excluding hydrogens is 336 g/mol. The van der Waals surface area contributed by atoms with Gasteiger partial charge in [0.2, 0.25) is 0 Å². The Hall–Kier alpha value is -3.33. The van der Waals surface area contributed by atoms with Crippen molar-refractivity contribution in [2.75, 3.05) is 0 Å². The standard InChI is InChI=1S/C24H22O3/c1-17(2)19-12-13-23(22(15-19)24(25)26)27-16-21-11-7-6-10-20(21)14-18-8-4-3-5-9-18/h3-13,15H,1,14,16H2,2H3,(H,25,26). The zero-order valence-corrected chi connectivity index (χ0v) is 15.3. The summed E-state index contributed by atoms with van der Waals surface area (Å²) in [6.45, 7) is 6.03. The van der Waals surface area contributed by atoms with Crippen LogP contribution >= 0.6 is 0 Å². The molecule has 3 aromatic rings. The quantitative estimate of drug-likeness (QED) is 0.599. The van der Waals surface area contributed by atoms with E-state index in [0.717, 1.165) is 23.1 Å². The third kappa shape index (κ3) is 4.64. The summed E-state index contributed by atoms with van der Waals surface area (Å²) in [6, 6.07) is 23.4. The van der Waals surface area contributed by atoms with Crippen LogP contribution in [0, 0.1) is 0 Å². The van der Waals surface area contributed by atoms with Gasteiger partial charge in [0.05, 0.1) is 0 Å². The molecule has 0 amide bonds. The highest BCUT2D eigenvalue weighted by atomic mass is 16.5. The number of ether oxygens (including phenoxy) is 1. The number of hydrogen-bond acceptors (Lipinski definition) is 2. The van der Waals surface area contributed by atoms with Crippen molar-refractivity contribution in [2.45, 2.75) is 20.0 Å². The highest BCUT2D eigenvalue weighted by molar-refractivity contribution is 5.92. The van der Waals surface area contributed by atoms with Crippen molar-refractivity contribution in [3.8, 4) is 5.75 Å².